The van der Waals surface area contributed by atoms with Gasteiger partial charge in [0.1, 0.15) is 0 Å². The van der Waals surface area contributed by atoms with E-state index in [1.54, 1.807) is 13.2 Å². The summed E-state index contributed by atoms with van der Waals surface area (Å²) in [4.78, 5) is 11.6. The lowest BCUT2D eigenvalue weighted by Gasteiger charge is -2.13. The molecule has 0 spiro atoms. The third kappa shape index (κ3) is 3.51. The second-order valence-electron chi connectivity index (χ2n) is 3.34. The zero-order chi connectivity index (χ0) is 12.8. The molecule has 17 heavy (non-hydrogen) atoms. The first-order valence-corrected chi connectivity index (χ1v) is 5.38. The lowest BCUT2D eigenvalue weighted by molar-refractivity contribution is 0.0602. The summed E-state index contributed by atoms with van der Waals surface area (Å²) in [5, 5.41) is 3.39. The van der Waals surface area contributed by atoms with Crippen molar-refractivity contribution >= 4 is 28.9 Å². The normalized spacial score (nSPS) is 10.1. The zero-order valence-corrected chi connectivity index (χ0v) is 10.5. The molecule has 0 saturated heterocycles. The second kappa shape index (κ2) is 6.32. The molecule has 0 unspecified atom stereocenters. The first kappa shape index (κ1) is 13.6. The quantitative estimate of drug-likeness (QED) is 0.478. The zero-order valence-electron chi connectivity index (χ0n) is 9.75. The highest BCUT2D eigenvalue weighted by atomic mass is 35.5. The molecule has 0 saturated carbocycles. The van der Waals surface area contributed by atoms with E-state index in [1.165, 1.54) is 13.2 Å². The average Bonchev–Trinajstić information content (AvgIpc) is 2.30. The van der Waals surface area contributed by atoms with Crippen LogP contribution in [-0.4, -0.2) is 33.3 Å². The molecular formula is C11H15ClN2O3. The second-order valence-corrected chi connectivity index (χ2v) is 3.74. The Labute approximate surface area is 105 Å². The Balaban J connectivity index is 3.03. The van der Waals surface area contributed by atoms with Gasteiger partial charge in [-0.05, 0) is 12.1 Å². The minimum absolute atomic E-state index is 0.314. The van der Waals surface area contributed by atoms with Crippen LogP contribution in [0, 0.1) is 0 Å². The van der Waals surface area contributed by atoms with Crippen LogP contribution in [0.3, 0.4) is 0 Å². The van der Waals surface area contributed by atoms with Crippen molar-refractivity contribution in [3.05, 3.63) is 22.7 Å². The number of benzene rings is 1. The first-order valence-electron chi connectivity index (χ1n) is 5.00. The van der Waals surface area contributed by atoms with Crippen LogP contribution in [0.15, 0.2) is 12.1 Å². The summed E-state index contributed by atoms with van der Waals surface area (Å²) in [7, 11) is 2.89. The molecule has 0 amide bonds. The van der Waals surface area contributed by atoms with Gasteiger partial charge in [0.15, 0.2) is 0 Å². The van der Waals surface area contributed by atoms with Crippen molar-refractivity contribution in [2.24, 2.45) is 0 Å². The highest BCUT2D eigenvalue weighted by Gasteiger charge is 2.15. The summed E-state index contributed by atoms with van der Waals surface area (Å²) in [6.45, 7) is 1.03. The number of nitrogens with one attached hydrogen (secondary N) is 1. The van der Waals surface area contributed by atoms with E-state index >= 15 is 0 Å². The molecule has 94 valence electrons. The highest BCUT2D eigenvalue weighted by molar-refractivity contribution is 6.34. The van der Waals surface area contributed by atoms with Crippen LogP contribution in [0.25, 0.3) is 0 Å². The molecule has 0 fully saturated rings. The number of rotatable bonds is 5. The van der Waals surface area contributed by atoms with Crippen molar-refractivity contribution in [3.63, 3.8) is 0 Å². The summed E-state index contributed by atoms with van der Waals surface area (Å²) < 4.78 is 9.58. The molecule has 0 bridgehead atoms. The van der Waals surface area contributed by atoms with Crippen LogP contribution in [0.1, 0.15) is 10.4 Å². The van der Waals surface area contributed by atoms with Crippen molar-refractivity contribution < 1.29 is 14.3 Å². The number of hydrogen-bond acceptors (Lipinski definition) is 5. The predicted molar refractivity (Wildman–Crippen MR) is 67.6 cm³/mol. The number of methoxy groups -OCH3 is 2. The number of ether oxygens (including phenoxy) is 2. The number of esters is 1. The van der Waals surface area contributed by atoms with Gasteiger partial charge in [-0.25, -0.2) is 4.79 Å². The lowest BCUT2D eigenvalue weighted by Crippen LogP contribution is -2.13. The van der Waals surface area contributed by atoms with Gasteiger partial charge in [0.05, 0.1) is 30.0 Å². The molecular weight excluding hydrogens is 244 g/mol. The van der Waals surface area contributed by atoms with E-state index in [2.05, 4.69) is 10.1 Å². The molecule has 3 N–H and O–H groups in total. The summed E-state index contributed by atoms with van der Waals surface area (Å²) in [5.74, 6) is -0.487. The fourth-order valence-corrected chi connectivity index (χ4v) is 1.65. The molecule has 6 heteroatoms. The molecule has 0 aliphatic rings. The van der Waals surface area contributed by atoms with Gasteiger partial charge in [-0.15, -0.1) is 0 Å². The fraction of sp³-hybridized carbons (Fsp3) is 0.364. The van der Waals surface area contributed by atoms with Gasteiger partial charge in [-0.2, -0.15) is 0 Å². The standard InChI is InChI=1S/C11H15ClN2O3/c1-16-4-3-14-10-8(11(15)17-2)5-7(13)6-9(10)12/h5-6,14H,3-4,13H2,1-2H3. The number of nitrogens with two attached hydrogens (primary N) is 1. The number of carbonyl (C=O) groups excluding carboxylic acids is 1. The van der Waals surface area contributed by atoms with Gasteiger partial charge in [0.25, 0.3) is 0 Å². The molecule has 0 aliphatic heterocycles. The number of anilines is 2. The van der Waals surface area contributed by atoms with Crippen molar-refractivity contribution in [1.29, 1.82) is 0 Å². The Morgan fingerprint density at radius 2 is 2.18 bits per heavy atom. The maximum Gasteiger partial charge on any atom is 0.340 e. The van der Waals surface area contributed by atoms with Gasteiger partial charge in [0, 0.05) is 19.3 Å². The Hall–Kier alpha value is -1.46. The van der Waals surface area contributed by atoms with Crippen molar-refractivity contribution in [1.82, 2.24) is 0 Å². The third-order valence-corrected chi connectivity index (χ3v) is 2.42. The number of halogens is 1. The minimum atomic E-state index is -0.487. The third-order valence-electron chi connectivity index (χ3n) is 2.13. The molecule has 0 radical (unpaired) electrons. The van der Waals surface area contributed by atoms with Crippen LogP contribution < -0.4 is 11.1 Å². The van der Waals surface area contributed by atoms with E-state index in [0.717, 1.165) is 0 Å². The van der Waals surface area contributed by atoms with Crippen molar-refractivity contribution in [2.75, 3.05) is 38.4 Å². The number of carbonyl (C=O) groups is 1. The lowest BCUT2D eigenvalue weighted by atomic mass is 10.1. The van der Waals surface area contributed by atoms with E-state index in [-0.39, 0.29) is 0 Å². The van der Waals surface area contributed by atoms with Crippen LogP contribution >= 0.6 is 11.6 Å². The molecule has 0 heterocycles. The Bertz CT molecular complexity index is 410. The van der Waals surface area contributed by atoms with Crippen LogP contribution in [0.4, 0.5) is 11.4 Å². The minimum Gasteiger partial charge on any atom is -0.465 e. The van der Waals surface area contributed by atoms with E-state index in [1.807, 2.05) is 0 Å². The van der Waals surface area contributed by atoms with E-state index in [9.17, 15) is 4.79 Å². The Morgan fingerprint density at radius 1 is 1.47 bits per heavy atom. The first-order chi connectivity index (χ1) is 8.10. The topological polar surface area (TPSA) is 73.6 Å². The van der Waals surface area contributed by atoms with Gasteiger partial charge in [0.2, 0.25) is 0 Å². The van der Waals surface area contributed by atoms with Crippen LogP contribution in [0.5, 0.6) is 0 Å². The van der Waals surface area contributed by atoms with Crippen LogP contribution in [0.2, 0.25) is 5.02 Å². The molecule has 0 aromatic heterocycles. The van der Waals surface area contributed by atoms with Gasteiger partial charge in [-0.1, -0.05) is 11.6 Å². The van der Waals surface area contributed by atoms with E-state index < -0.39 is 5.97 Å². The number of nitrogen functional groups attached to an aromatic ring is 1. The van der Waals surface area contributed by atoms with Crippen LogP contribution in [-0.2, 0) is 9.47 Å². The largest absolute Gasteiger partial charge is 0.465 e. The SMILES string of the molecule is COCCNc1c(Cl)cc(N)cc1C(=O)OC. The Morgan fingerprint density at radius 3 is 2.76 bits per heavy atom. The molecule has 1 rings (SSSR count). The number of hydrogen-bond donors (Lipinski definition) is 2. The molecule has 0 aliphatic carbocycles. The smallest absolute Gasteiger partial charge is 0.340 e. The van der Waals surface area contributed by atoms with Crippen molar-refractivity contribution in [3.8, 4) is 0 Å². The van der Waals surface area contributed by atoms with E-state index in [4.69, 9.17) is 22.1 Å². The maximum atomic E-state index is 11.6. The molecule has 0 atom stereocenters. The highest BCUT2D eigenvalue weighted by Crippen LogP contribution is 2.29. The monoisotopic (exact) mass is 258 g/mol. The van der Waals surface area contributed by atoms with Crippen molar-refractivity contribution in [2.45, 2.75) is 0 Å². The molecule has 5 nitrogen and oxygen atoms in total. The Kier molecular flexibility index (Phi) is 5.06. The van der Waals surface area contributed by atoms with Gasteiger partial charge < -0.3 is 20.5 Å². The fourth-order valence-electron chi connectivity index (χ4n) is 1.36. The predicted octanol–water partition coefficient (Wildman–Crippen LogP) is 1.77. The summed E-state index contributed by atoms with van der Waals surface area (Å²) in [5.41, 5.74) is 6.86. The summed E-state index contributed by atoms with van der Waals surface area (Å²) >= 11 is 6.02. The summed E-state index contributed by atoms with van der Waals surface area (Å²) in [6.07, 6.45) is 0. The average molecular weight is 259 g/mol. The van der Waals surface area contributed by atoms with Gasteiger partial charge >= 0.3 is 5.97 Å². The maximum absolute atomic E-state index is 11.6. The van der Waals surface area contributed by atoms with Gasteiger partial charge in [-0.3, -0.25) is 0 Å². The van der Waals surface area contributed by atoms with E-state index in [0.29, 0.717) is 35.1 Å². The summed E-state index contributed by atoms with van der Waals surface area (Å²) in [6, 6.07) is 3.09. The molecule has 1 aromatic carbocycles. The molecule has 1 aromatic rings.